The van der Waals surface area contributed by atoms with Crippen LogP contribution in [0.25, 0.3) is 0 Å². The third-order valence-corrected chi connectivity index (χ3v) is 4.20. The van der Waals surface area contributed by atoms with Gasteiger partial charge in [0.2, 0.25) is 0 Å². The van der Waals surface area contributed by atoms with Gasteiger partial charge in [-0.3, -0.25) is 18.6 Å². The van der Waals surface area contributed by atoms with E-state index in [4.69, 9.17) is 9.63 Å². The molecule has 18 heavy (non-hydrogen) atoms. The van der Waals surface area contributed by atoms with E-state index < -0.39 is 31.6 Å². The van der Waals surface area contributed by atoms with Crippen LogP contribution in [0.4, 0.5) is 0 Å². The van der Waals surface area contributed by atoms with Crippen molar-refractivity contribution in [2.24, 2.45) is 5.41 Å². The van der Waals surface area contributed by atoms with Crippen LogP contribution >= 0.6 is 7.82 Å². The Kier molecular flexibility index (Phi) is 6.52. The summed E-state index contributed by atoms with van der Waals surface area (Å²) in [4.78, 5) is 22.8. The summed E-state index contributed by atoms with van der Waals surface area (Å²) in [6.07, 6.45) is 0.108. The molecule has 0 rings (SSSR count). The number of phosphoric ester groups is 1. The second kappa shape index (κ2) is 6.87. The number of phosphoric acid groups is 1. The summed E-state index contributed by atoms with van der Waals surface area (Å²) in [5, 5.41) is 8.83. The van der Waals surface area contributed by atoms with Gasteiger partial charge in [-0.2, -0.15) is 0 Å². The van der Waals surface area contributed by atoms with Gasteiger partial charge < -0.3 is 9.63 Å². The van der Waals surface area contributed by atoms with Crippen molar-refractivity contribution in [2.75, 3.05) is 14.2 Å². The van der Waals surface area contributed by atoms with Crippen LogP contribution in [0, 0.1) is 5.41 Å². The Balaban J connectivity index is 5.10. The van der Waals surface area contributed by atoms with Crippen molar-refractivity contribution in [1.29, 1.82) is 0 Å². The summed E-state index contributed by atoms with van der Waals surface area (Å²) in [5.74, 6) is -2.01. The van der Waals surface area contributed by atoms with Crippen LogP contribution in [0.5, 0.6) is 0 Å². The van der Waals surface area contributed by atoms with E-state index in [2.05, 4.69) is 9.05 Å². The van der Waals surface area contributed by atoms with Gasteiger partial charge in [-0.05, 0) is 12.8 Å². The second-order valence-corrected chi connectivity index (χ2v) is 5.56. The predicted octanol–water partition coefficient (Wildman–Crippen LogP) is 2.21. The quantitative estimate of drug-likeness (QED) is 0.681. The lowest BCUT2D eigenvalue weighted by molar-refractivity contribution is -0.155. The van der Waals surface area contributed by atoms with Crippen LogP contribution in [0.2, 0.25) is 0 Å². The van der Waals surface area contributed by atoms with Gasteiger partial charge in [0, 0.05) is 14.2 Å². The SMILES string of the molecule is CCC(CC)(CC(=O)O)C(=O)OP(=O)(OC)OC. The molecule has 0 unspecified atom stereocenters. The van der Waals surface area contributed by atoms with Crippen molar-refractivity contribution in [2.45, 2.75) is 33.1 Å². The number of carbonyl (C=O) groups is 2. The van der Waals surface area contributed by atoms with Gasteiger partial charge in [0.1, 0.15) is 0 Å². The molecule has 0 radical (unpaired) electrons. The number of hydrogen-bond donors (Lipinski definition) is 1. The summed E-state index contributed by atoms with van der Waals surface area (Å²) < 4.78 is 25.4. The molecule has 0 aromatic carbocycles. The van der Waals surface area contributed by atoms with E-state index in [9.17, 15) is 14.2 Å². The Morgan fingerprint density at radius 1 is 1.17 bits per heavy atom. The molecule has 0 saturated heterocycles. The zero-order chi connectivity index (χ0) is 14.4. The topological polar surface area (TPSA) is 99.1 Å². The highest BCUT2D eigenvalue weighted by Gasteiger charge is 2.43. The lowest BCUT2D eigenvalue weighted by Gasteiger charge is -2.28. The second-order valence-electron chi connectivity index (χ2n) is 3.75. The minimum atomic E-state index is -3.95. The molecule has 1 N–H and O–H groups in total. The molecule has 106 valence electrons. The maximum Gasteiger partial charge on any atom is 0.531 e. The molecule has 0 aromatic rings. The highest BCUT2D eigenvalue weighted by Crippen LogP contribution is 2.50. The number of carbonyl (C=O) groups excluding carboxylic acids is 1. The van der Waals surface area contributed by atoms with Crippen molar-refractivity contribution in [3.8, 4) is 0 Å². The molecule has 0 aliphatic rings. The fraction of sp³-hybridized carbons (Fsp3) is 0.800. The van der Waals surface area contributed by atoms with Gasteiger partial charge in [0.05, 0.1) is 11.8 Å². The van der Waals surface area contributed by atoms with E-state index in [0.717, 1.165) is 14.2 Å². The molecule has 0 amide bonds. The Morgan fingerprint density at radius 2 is 1.61 bits per heavy atom. The van der Waals surface area contributed by atoms with Gasteiger partial charge in [-0.1, -0.05) is 13.8 Å². The third kappa shape index (κ3) is 4.08. The average molecular weight is 282 g/mol. The van der Waals surface area contributed by atoms with Crippen molar-refractivity contribution in [3.63, 3.8) is 0 Å². The van der Waals surface area contributed by atoms with Gasteiger partial charge in [0.15, 0.2) is 0 Å². The van der Waals surface area contributed by atoms with Crippen molar-refractivity contribution in [3.05, 3.63) is 0 Å². The van der Waals surface area contributed by atoms with Crippen molar-refractivity contribution >= 4 is 19.8 Å². The Bertz CT molecular complexity index is 340. The monoisotopic (exact) mass is 282 g/mol. The summed E-state index contributed by atoms with van der Waals surface area (Å²) in [5.41, 5.74) is -1.22. The molecule has 0 bridgehead atoms. The summed E-state index contributed by atoms with van der Waals surface area (Å²) in [6, 6.07) is 0. The first-order valence-electron chi connectivity index (χ1n) is 5.46. The molecule has 0 atom stereocenters. The molecule has 0 aromatic heterocycles. The van der Waals surface area contributed by atoms with Crippen LogP contribution in [0.1, 0.15) is 33.1 Å². The van der Waals surface area contributed by atoms with Crippen LogP contribution < -0.4 is 0 Å². The van der Waals surface area contributed by atoms with Gasteiger partial charge >= 0.3 is 19.8 Å². The normalized spacial score (nSPS) is 12.2. The Labute approximate surface area is 106 Å². The minimum Gasteiger partial charge on any atom is -0.481 e. The van der Waals surface area contributed by atoms with Crippen molar-refractivity contribution < 1.29 is 32.8 Å². The van der Waals surface area contributed by atoms with E-state index >= 15 is 0 Å². The summed E-state index contributed by atoms with van der Waals surface area (Å²) in [7, 11) is -1.79. The lowest BCUT2D eigenvalue weighted by atomic mass is 9.79. The maximum atomic E-state index is 12.0. The van der Waals surface area contributed by atoms with Crippen LogP contribution in [0.15, 0.2) is 0 Å². The zero-order valence-corrected chi connectivity index (χ0v) is 11.9. The maximum absolute atomic E-state index is 12.0. The number of carboxylic acids is 1. The fourth-order valence-corrected chi connectivity index (χ4v) is 2.19. The molecule has 0 aliphatic heterocycles. The predicted molar refractivity (Wildman–Crippen MR) is 63.0 cm³/mol. The van der Waals surface area contributed by atoms with E-state index in [0.29, 0.717) is 0 Å². The average Bonchev–Trinajstić information content (AvgIpc) is 2.35. The van der Waals surface area contributed by atoms with Gasteiger partial charge in [0.25, 0.3) is 0 Å². The summed E-state index contributed by atoms with van der Waals surface area (Å²) >= 11 is 0. The Hall–Kier alpha value is -0.910. The number of rotatable bonds is 8. The van der Waals surface area contributed by atoms with Crippen molar-refractivity contribution in [1.82, 2.24) is 0 Å². The largest absolute Gasteiger partial charge is 0.531 e. The van der Waals surface area contributed by atoms with Crippen LogP contribution in [-0.4, -0.2) is 31.3 Å². The van der Waals surface area contributed by atoms with E-state index in [-0.39, 0.29) is 12.8 Å². The number of aliphatic carboxylic acids is 1. The molecule has 7 nitrogen and oxygen atoms in total. The standard InChI is InChI=1S/C10H19O7P/c1-5-10(6-2,7-8(11)12)9(13)17-18(14,15-3)16-4/h5-7H2,1-4H3,(H,11,12). The summed E-state index contributed by atoms with van der Waals surface area (Å²) in [6.45, 7) is 3.33. The third-order valence-electron chi connectivity index (χ3n) is 2.92. The Morgan fingerprint density at radius 3 is 1.89 bits per heavy atom. The van der Waals surface area contributed by atoms with Crippen LogP contribution in [0.3, 0.4) is 0 Å². The number of carboxylic acid groups (broad SMARTS) is 1. The highest BCUT2D eigenvalue weighted by molar-refractivity contribution is 7.49. The first-order valence-corrected chi connectivity index (χ1v) is 6.92. The molecule has 0 fully saturated rings. The molecular weight excluding hydrogens is 263 g/mol. The molecule has 8 heteroatoms. The molecular formula is C10H19O7P. The van der Waals surface area contributed by atoms with Crippen LogP contribution in [-0.2, 0) is 27.7 Å². The first-order chi connectivity index (χ1) is 8.29. The lowest BCUT2D eigenvalue weighted by Crippen LogP contribution is -2.34. The minimum absolute atomic E-state index is 0.252. The van der Waals surface area contributed by atoms with E-state index in [1.165, 1.54) is 0 Å². The first kappa shape index (κ1) is 17.1. The fourth-order valence-electron chi connectivity index (χ4n) is 1.50. The molecule has 0 aliphatic carbocycles. The zero-order valence-electron chi connectivity index (χ0n) is 11.0. The van der Waals surface area contributed by atoms with E-state index in [1.807, 2.05) is 0 Å². The van der Waals surface area contributed by atoms with E-state index in [1.54, 1.807) is 13.8 Å². The highest BCUT2D eigenvalue weighted by atomic mass is 31.2. The smallest absolute Gasteiger partial charge is 0.481 e. The molecule has 0 heterocycles. The molecule has 0 spiro atoms. The van der Waals surface area contributed by atoms with Gasteiger partial charge in [-0.15, -0.1) is 0 Å². The molecule has 0 saturated carbocycles. The number of hydrogen-bond acceptors (Lipinski definition) is 6. The van der Waals surface area contributed by atoms with Gasteiger partial charge in [-0.25, -0.2) is 4.57 Å².